The van der Waals surface area contributed by atoms with E-state index in [1.54, 1.807) is 12.1 Å². The maximum Gasteiger partial charge on any atom is 0.176 e. The van der Waals surface area contributed by atoms with Gasteiger partial charge in [0.05, 0.1) is 5.69 Å². The summed E-state index contributed by atoms with van der Waals surface area (Å²) in [6, 6.07) is 14.0. The molecule has 0 bridgehead atoms. The SMILES string of the molecule is NCc1cc(C2=NN=C(N)C2=NNc2ccccc2)ccc1F. The molecule has 1 aliphatic rings. The lowest BCUT2D eigenvalue weighted by Gasteiger charge is -2.07. The first-order chi connectivity index (χ1) is 11.2. The van der Waals surface area contributed by atoms with Gasteiger partial charge in [0.2, 0.25) is 0 Å². The summed E-state index contributed by atoms with van der Waals surface area (Å²) >= 11 is 0. The van der Waals surface area contributed by atoms with Crippen molar-refractivity contribution in [2.24, 2.45) is 26.8 Å². The lowest BCUT2D eigenvalue weighted by Crippen LogP contribution is -2.28. The molecule has 0 saturated carbocycles. The van der Waals surface area contributed by atoms with Crippen molar-refractivity contribution in [1.29, 1.82) is 0 Å². The number of anilines is 1. The molecule has 0 spiro atoms. The van der Waals surface area contributed by atoms with Crippen LogP contribution in [0.4, 0.5) is 10.1 Å². The highest BCUT2D eigenvalue weighted by atomic mass is 19.1. The van der Waals surface area contributed by atoms with Crippen LogP contribution in [-0.4, -0.2) is 17.3 Å². The Hall–Kier alpha value is -3.06. The van der Waals surface area contributed by atoms with Crippen molar-refractivity contribution in [3.63, 3.8) is 0 Å². The smallest absolute Gasteiger partial charge is 0.176 e. The van der Waals surface area contributed by atoms with Gasteiger partial charge < -0.3 is 11.5 Å². The van der Waals surface area contributed by atoms with Gasteiger partial charge in [0.15, 0.2) is 11.5 Å². The molecular formula is C16H15FN6. The van der Waals surface area contributed by atoms with Crippen molar-refractivity contribution in [3.05, 3.63) is 65.5 Å². The van der Waals surface area contributed by atoms with Gasteiger partial charge in [0.1, 0.15) is 11.5 Å². The predicted molar refractivity (Wildman–Crippen MR) is 90.0 cm³/mol. The molecule has 1 aliphatic heterocycles. The minimum absolute atomic E-state index is 0.0953. The molecule has 6 nitrogen and oxygen atoms in total. The first kappa shape index (κ1) is 14.9. The zero-order valence-electron chi connectivity index (χ0n) is 12.2. The van der Waals surface area contributed by atoms with Crippen LogP contribution in [0.15, 0.2) is 63.8 Å². The van der Waals surface area contributed by atoms with Gasteiger partial charge in [-0.15, -0.1) is 10.2 Å². The molecule has 23 heavy (non-hydrogen) atoms. The topological polar surface area (TPSA) is 101 Å². The number of hydrazone groups is 1. The molecule has 0 radical (unpaired) electrons. The molecule has 0 fully saturated rings. The number of benzene rings is 2. The third-order valence-corrected chi connectivity index (χ3v) is 3.33. The molecule has 0 aromatic heterocycles. The zero-order valence-corrected chi connectivity index (χ0v) is 12.2. The van der Waals surface area contributed by atoms with Crippen molar-refractivity contribution in [3.8, 4) is 0 Å². The molecule has 0 amide bonds. The first-order valence-electron chi connectivity index (χ1n) is 6.98. The summed E-state index contributed by atoms with van der Waals surface area (Å²) in [5, 5.41) is 12.1. The van der Waals surface area contributed by atoms with Gasteiger partial charge in [-0.1, -0.05) is 18.2 Å². The molecule has 3 rings (SSSR count). The Morgan fingerprint density at radius 1 is 1.09 bits per heavy atom. The number of hydrogen-bond acceptors (Lipinski definition) is 6. The molecule has 1 heterocycles. The third-order valence-electron chi connectivity index (χ3n) is 3.33. The lowest BCUT2D eigenvalue weighted by atomic mass is 10.0. The van der Waals surface area contributed by atoms with Crippen molar-refractivity contribution in [2.45, 2.75) is 6.54 Å². The summed E-state index contributed by atoms with van der Waals surface area (Å²) in [6.07, 6.45) is 0. The number of amidine groups is 1. The van der Waals surface area contributed by atoms with Crippen LogP contribution in [0.25, 0.3) is 0 Å². The van der Waals surface area contributed by atoms with Crippen LogP contribution in [0.3, 0.4) is 0 Å². The first-order valence-corrected chi connectivity index (χ1v) is 6.98. The van der Waals surface area contributed by atoms with Crippen LogP contribution in [0.1, 0.15) is 11.1 Å². The average molecular weight is 310 g/mol. The van der Waals surface area contributed by atoms with E-state index in [1.807, 2.05) is 30.3 Å². The Kier molecular flexibility index (Phi) is 4.11. The van der Waals surface area contributed by atoms with Crippen LogP contribution >= 0.6 is 0 Å². The summed E-state index contributed by atoms with van der Waals surface area (Å²) in [5.41, 5.74) is 17.0. The molecule has 2 aromatic carbocycles. The molecule has 0 unspecified atom stereocenters. The highest BCUT2D eigenvalue weighted by molar-refractivity contribution is 6.72. The van der Waals surface area contributed by atoms with Gasteiger partial charge >= 0.3 is 0 Å². The van der Waals surface area contributed by atoms with E-state index in [0.29, 0.717) is 22.6 Å². The van der Waals surface area contributed by atoms with Crippen LogP contribution < -0.4 is 16.9 Å². The van der Waals surface area contributed by atoms with Gasteiger partial charge in [-0.25, -0.2) is 4.39 Å². The predicted octanol–water partition coefficient (Wildman–Crippen LogP) is 1.83. The van der Waals surface area contributed by atoms with E-state index in [0.717, 1.165) is 5.69 Å². The largest absolute Gasteiger partial charge is 0.380 e. The van der Waals surface area contributed by atoms with Crippen LogP contribution in [-0.2, 0) is 6.54 Å². The molecular weight excluding hydrogens is 295 g/mol. The summed E-state index contributed by atoms with van der Waals surface area (Å²) < 4.78 is 13.6. The number of halogens is 1. The summed E-state index contributed by atoms with van der Waals surface area (Å²) in [5.74, 6) is -0.160. The number of rotatable bonds is 4. The second-order valence-electron chi connectivity index (χ2n) is 4.88. The van der Waals surface area contributed by atoms with E-state index in [1.165, 1.54) is 6.07 Å². The maximum absolute atomic E-state index is 13.6. The van der Waals surface area contributed by atoms with Crippen LogP contribution in [0, 0.1) is 5.82 Å². The minimum Gasteiger partial charge on any atom is -0.380 e. The second kappa shape index (κ2) is 6.37. The van der Waals surface area contributed by atoms with E-state index in [2.05, 4.69) is 20.7 Å². The normalized spacial score (nSPS) is 15.5. The van der Waals surface area contributed by atoms with Crippen molar-refractivity contribution < 1.29 is 4.39 Å². The molecule has 116 valence electrons. The molecule has 0 atom stereocenters. The Balaban J connectivity index is 1.90. The summed E-state index contributed by atoms with van der Waals surface area (Å²) in [4.78, 5) is 0. The van der Waals surface area contributed by atoms with Crippen molar-refractivity contribution in [1.82, 2.24) is 0 Å². The van der Waals surface area contributed by atoms with Gasteiger partial charge in [-0.2, -0.15) is 5.10 Å². The summed E-state index contributed by atoms with van der Waals surface area (Å²) in [6.45, 7) is 0.0953. The van der Waals surface area contributed by atoms with E-state index >= 15 is 0 Å². The van der Waals surface area contributed by atoms with Crippen LogP contribution in [0.5, 0.6) is 0 Å². The quantitative estimate of drug-likeness (QED) is 0.751. The highest BCUT2D eigenvalue weighted by Gasteiger charge is 2.22. The van der Waals surface area contributed by atoms with Crippen molar-refractivity contribution >= 4 is 22.9 Å². The Morgan fingerprint density at radius 3 is 2.61 bits per heavy atom. The zero-order chi connectivity index (χ0) is 16.2. The number of nitrogens with zero attached hydrogens (tertiary/aromatic N) is 3. The molecule has 7 heteroatoms. The fourth-order valence-corrected chi connectivity index (χ4v) is 2.14. The fourth-order valence-electron chi connectivity index (χ4n) is 2.14. The summed E-state index contributed by atoms with van der Waals surface area (Å²) in [7, 11) is 0. The second-order valence-corrected chi connectivity index (χ2v) is 4.88. The monoisotopic (exact) mass is 310 g/mol. The van der Waals surface area contributed by atoms with Crippen LogP contribution in [0.2, 0.25) is 0 Å². The maximum atomic E-state index is 13.6. The number of nitrogens with one attached hydrogen (secondary N) is 1. The highest BCUT2D eigenvalue weighted by Crippen LogP contribution is 2.15. The molecule has 5 N–H and O–H groups in total. The van der Waals surface area contributed by atoms with Gasteiger partial charge in [0, 0.05) is 17.7 Å². The minimum atomic E-state index is -0.357. The fraction of sp³-hybridized carbons (Fsp3) is 0.0625. The van der Waals surface area contributed by atoms with Gasteiger partial charge in [0.25, 0.3) is 0 Å². The van der Waals surface area contributed by atoms with E-state index in [4.69, 9.17) is 11.5 Å². The van der Waals surface area contributed by atoms with Crippen molar-refractivity contribution in [2.75, 3.05) is 5.43 Å². The standard InChI is InChI=1S/C16H15FN6/c17-13-7-6-10(8-11(13)9-18)14-15(16(19)23-21-14)22-20-12-4-2-1-3-5-12/h1-8,20H,9,18H2,(H2,19,22,23). The van der Waals surface area contributed by atoms with E-state index < -0.39 is 0 Å². The number of para-hydroxylation sites is 1. The van der Waals surface area contributed by atoms with Gasteiger partial charge in [-0.3, -0.25) is 5.43 Å². The average Bonchev–Trinajstić information content (AvgIpc) is 2.95. The van der Waals surface area contributed by atoms with E-state index in [9.17, 15) is 4.39 Å². The van der Waals surface area contributed by atoms with E-state index in [-0.39, 0.29) is 18.2 Å². The Bertz CT molecular complexity index is 811. The molecule has 0 aliphatic carbocycles. The lowest BCUT2D eigenvalue weighted by molar-refractivity contribution is 0.610. The van der Waals surface area contributed by atoms with Gasteiger partial charge in [-0.05, 0) is 30.3 Å². The third kappa shape index (κ3) is 3.09. The molecule has 0 saturated heterocycles. The Labute approximate surface area is 132 Å². The Morgan fingerprint density at radius 2 is 1.87 bits per heavy atom. The number of hydrogen-bond donors (Lipinski definition) is 3. The number of nitrogens with two attached hydrogens (primary N) is 2. The molecule has 2 aromatic rings.